The Balaban J connectivity index is 1.81. The van der Waals surface area contributed by atoms with E-state index >= 15 is 0 Å². The molecule has 3 heteroatoms. The molecule has 70 valence electrons. The zero-order valence-electron chi connectivity index (χ0n) is 7.54. The highest BCUT2D eigenvalue weighted by molar-refractivity contribution is 8.00. The average Bonchev–Trinajstić information content (AvgIpc) is 2.02. The third-order valence-corrected chi connectivity index (χ3v) is 4.26. The molecule has 0 aromatic rings. The van der Waals surface area contributed by atoms with Crippen molar-refractivity contribution in [1.82, 2.24) is 4.90 Å². The molecule has 2 aliphatic rings. The van der Waals surface area contributed by atoms with E-state index in [1.54, 1.807) is 0 Å². The van der Waals surface area contributed by atoms with Gasteiger partial charge in [-0.3, -0.25) is 4.90 Å². The first-order chi connectivity index (χ1) is 5.90. The van der Waals surface area contributed by atoms with E-state index in [0.717, 1.165) is 18.5 Å². The van der Waals surface area contributed by atoms with Crippen LogP contribution < -0.4 is 5.73 Å². The van der Waals surface area contributed by atoms with Crippen molar-refractivity contribution >= 4 is 11.8 Å². The summed E-state index contributed by atoms with van der Waals surface area (Å²) in [5, 5.41) is 0. The van der Waals surface area contributed by atoms with Gasteiger partial charge in [0.2, 0.25) is 0 Å². The van der Waals surface area contributed by atoms with Crippen molar-refractivity contribution in [2.45, 2.75) is 18.9 Å². The van der Waals surface area contributed by atoms with E-state index in [-0.39, 0.29) is 0 Å². The molecular weight excluding hydrogens is 168 g/mol. The van der Waals surface area contributed by atoms with E-state index in [9.17, 15) is 0 Å². The van der Waals surface area contributed by atoms with Crippen LogP contribution in [-0.2, 0) is 0 Å². The van der Waals surface area contributed by atoms with Gasteiger partial charge >= 0.3 is 0 Å². The fourth-order valence-electron chi connectivity index (χ4n) is 2.06. The Bertz CT molecular complexity index is 147. The molecule has 2 N–H and O–H groups in total. The van der Waals surface area contributed by atoms with Crippen LogP contribution in [0.3, 0.4) is 0 Å². The minimum absolute atomic E-state index is 0.782. The number of nitrogens with zero attached hydrogens (tertiary/aromatic N) is 1. The van der Waals surface area contributed by atoms with Gasteiger partial charge in [0.15, 0.2) is 0 Å². The smallest absolute Gasteiger partial charge is 0.0277 e. The van der Waals surface area contributed by atoms with Gasteiger partial charge in [-0.25, -0.2) is 0 Å². The maximum Gasteiger partial charge on any atom is 0.0277 e. The summed E-state index contributed by atoms with van der Waals surface area (Å²) in [6, 6.07) is 0.893. The zero-order chi connectivity index (χ0) is 8.39. The quantitative estimate of drug-likeness (QED) is 0.691. The lowest BCUT2D eigenvalue weighted by Crippen LogP contribution is -2.50. The summed E-state index contributed by atoms with van der Waals surface area (Å²) in [5.74, 6) is 3.50. The van der Waals surface area contributed by atoms with E-state index in [2.05, 4.69) is 16.7 Å². The first kappa shape index (κ1) is 8.85. The number of rotatable bonds is 2. The van der Waals surface area contributed by atoms with E-state index in [0.29, 0.717) is 0 Å². The topological polar surface area (TPSA) is 29.3 Å². The van der Waals surface area contributed by atoms with Crippen LogP contribution in [-0.4, -0.2) is 42.1 Å². The van der Waals surface area contributed by atoms with Gasteiger partial charge in [0.1, 0.15) is 0 Å². The lowest BCUT2D eigenvalue weighted by atomic mass is 9.97. The standard InChI is InChI=1S/C9H18N2S/c10-4-8-2-1-3-11(5-8)9-6-12-7-9/h8-9H,1-7,10H2. The largest absolute Gasteiger partial charge is 0.330 e. The Morgan fingerprint density at radius 3 is 2.83 bits per heavy atom. The summed E-state index contributed by atoms with van der Waals surface area (Å²) in [6.07, 6.45) is 2.72. The van der Waals surface area contributed by atoms with Gasteiger partial charge in [-0.1, -0.05) is 0 Å². The summed E-state index contributed by atoms with van der Waals surface area (Å²) < 4.78 is 0. The van der Waals surface area contributed by atoms with Crippen molar-refractivity contribution < 1.29 is 0 Å². The molecule has 0 aromatic heterocycles. The molecule has 1 atom stereocenters. The van der Waals surface area contributed by atoms with E-state index in [4.69, 9.17) is 5.73 Å². The fourth-order valence-corrected chi connectivity index (χ4v) is 2.92. The highest BCUT2D eigenvalue weighted by Crippen LogP contribution is 2.27. The van der Waals surface area contributed by atoms with Crippen LogP contribution in [0.15, 0.2) is 0 Å². The summed E-state index contributed by atoms with van der Waals surface area (Å²) in [6.45, 7) is 3.47. The van der Waals surface area contributed by atoms with Gasteiger partial charge in [-0.2, -0.15) is 11.8 Å². The average molecular weight is 186 g/mol. The molecular formula is C9H18N2S. The maximum atomic E-state index is 5.69. The Labute approximate surface area is 78.9 Å². The number of hydrogen-bond donors (Lipinski definition) is 1. The van der Waals surface area contributed by atoms with Crippen LogP contribution in [0.1, 0.15) is 12.8 Å². The molecule has 0 radical (unpaired) electrons. The first-order valence-corrected chi connectivity index (χ1v) is 6.07. The molecule has 2 nitrogen and oxygen atoms in total. The van der Waals surface area contributed by atoms with Gasteiger partial charge < -0.3 is 5.73 Å². The summed E-state index contributed by atoms with van der Waals surface area (Å²) >= 11 is 2.07. The van der Waals surface area contributed by atoms with Crippen molar-refractivity contribution in [1.29, 1.82) is 0 Å². The van der Waals surface area contributed by atoms with Crippen molar-refractivity contribution in [2.24, 2.45) is 11.7 Å². The number of thioether (sulfide) groups is 1. The normalized spacial score (nSPS) is 33.2. The van der Waals surface area contributed by atoms with E-state index in [1.807, 2.05) is 0 Å². The van der Waals surface area contributed by atoms with E-state index < -0.39 is 0 Å². The highest BCUT2D eigenvalue weighted by Gasteiger charge is 2.29. The van der Waals surface area contributed by atoms with Gasteiger partial charge in [0.05, 0.1) is 0 Å². The van der Waals surface area contributed by atoms with Gasteiger partial charge in [-0.15, -0.1) is 0 Å². The summed E-state index contributed by atoms with van der Waals surface area (Å²) in [5.41, 5.74) is 5.69. The van der Waals surface area contributed by atoms with Crippen LogP contribution >= 0.6 is 11.8 Å². The molecule has 0 aromatic carbocycles. The number of nitrogens with two attached hydrogens (primary N) is 1. The predicted molar refractivity (Wildman–Crippen MR) is 54.5 cm³/mol. The lowest BCUT2D eigenvalue weighted by molar-refractivity contribution is 0.142. The number of piperidine rings is 1. The lowest BCUT2D eigenvalue weighted by Gasteiger charge is -2.41. The Hall–Kier alpha value is 0.270. The van der Waals surface area contributed by atoms with Crippen molar-refractivity contribution in [2.75, 3.05) is 31.1 Å². The molecule has 12 heavy (non-hydrogen) atoms. The maximum absolute atomic E-state index is 5.69. The van der Waals surface area contributed by atoms with E-state index in [1.165, 1.54) is 37.4 Å². The number of likely N-dealkylation sites (tertiary alicyclic amines) is 1. The van der Waals surface area contributed by atoms with Crippen LogP contribution in [0.2, 0.25) is 0 Å². The molecule has 2 heterocycles. The molecule has 2 fully saturated rings. The van der Waals surface area contributed by atoms with Crippen molar-refractivity contribution in [3.8, 4) is 0 Å². The molecule has 2 aliphatic heterocycles. The second-order valence-corrected chi connectivity index (χ2v) is 5.01. The predicted octanol–water partition coefficient (Wildman–Crippen LogP) is 0.772. The molecule has 1 unspecified atom stereocenters. The molecule has 2 saturated heterocycles. The van der Waals surface area contributed by atoms with Crippen molar-refractivity contribution in [3.05, 3.63) is 0 Å². The van der Waals surface area contributed by atoms with Crippen LogP contribution in [0.25, 0.3) is 0 Å². The van der Waals surface area contributed by atoms with Crippen LogP contribution in [0.4, 0.5) is 0 Å². The second-order valence-electron chi connectivity index (χ2n) is 3.93. The summed E-state index contributed by atoms with van der Waals surface area (Å²) in [7, 11) is 0. The fraction of sp³-hybridized carbons (Fsp3) is 1.00. The molecule has 0 amide bonds. The van der Waals surface area contributed by atoms with Crippen LogP contribution in [0.5, 0.6) is 0 Å². The Morgan fingerprint density at radius 2 is 2.25 bits per heavy atom. The Kier molecular flexibility index (Phi) is 2.94. The number of hydrogen-bond acceptors (Lipinski definition) is 3. The Morgan fingerprint density at radius 1 is 1.42 bits per heavy atom. The van der Waals surface area contributed by atoms with Crippen molar-refractivity contribution in [3.63, 3.8) is 0 Å². The minimum atomic E-state index is 0.782. The minimum Gasteiger partial charge on any atom is -0.330 e. The van der Waals surface area contributed by atoms with Gasteiger partial charge in [0, 0.05) is 24.1 Å². The SMILES string of the molecule is NCC1CCCN(C2CSC2)C1. The molecule has 0 aliphatic carbocycles. The molecule has 0 bridgehead atoms. The van der Waals surface area contributed by atoms with Crippen LogP contribution in [0, 0.1) is 5.92 Å². The zero-order valence-corrected chi connectivity index (χ0v) is 8.35. The third-order valence-electron chi connectivity index (χ3n) is 3.02. The third kappa shape index (κ3) is 1.78. The first-order valence-electron chi connectivity index (χ1n) is 4.92. The molecule has 0 saturated carbocycles. The second kappa shape index (κ2) is 3.99. The molecule has 2 rings (SSSR count). The van der Waals surface area contributed by atoms with Gasteiger partial charge in [0.25, 0.3) is 0 Å². The molecule has 0 spiro atoms. The van der Waals surface area contributed by atoms with Gasteiger partial charge in [-0.05, 0) is 31.8 Å². The highest BCUT2D eigenvalue weighted by atomic mass is 32.2. The monoisotopic (exact) mass is 186 g/mol. The summed E-state index contributed by atoms with van der Waals surface area (Å²) in [4.78, 5) is 2.65.